The molecule has 4 atom stereocenters. The van der Waals surface area contributed by atoms with Crippen molar-refractivity contribution in [1.29, 1.82) is 0 Å². The third-order valence-corrected chi connectivity index (χ3v) is 3.24. The van der Waals surface area contributed by atoms with Gasteiger partial charge in [0.05, 0.1) is 12.1 Å². The first-order chi connectivity index (χ1) is 7.96. The monoisotopic (exact) mass is 243 g/mol. The Bertz CT molecular complexity index is 369. The predicted molar refractivity (Wildman–Crippen MR) is 57.2 cm³/mol. The SMILES string of the molecule is CO[C@@H]1O[C@@]2(CC(C)=NO2)[C@H]2OC(C)(C)O[C@@H]12. The molecule has 0 aromatic carbocycles. The lowest BCUT2D eigenvalue weighted by atomic mass is 10.0. The van der Waals surface area contributed by atoms with Gasteiger partial charge in [0.15, 0.2) is 18.2 Å². The highest BCUT2D eigenvalue weighted by Gasteiger charge is 2.66. The Morgan fingerprint density at radius 2 is 2.06 bits per heavy atom. The fraction of sp³-hybridized carbons (Fsp3) is 0.909. The third kappa shape index (κ3) is 1.59. The second-order valence-corrected chi connectivity index (χ2v) is 5.15. The Kier molecular flexibility index (Phi) is 2.29. The molecule has 3 aliphatic heterocycles. The van der Waals surface area contributed by atoms with Crippen LogP contribution in [0, 0.1) is 0 Å². The zero-order valence-electron chi connectivity index (χ0n) is 10.4. The molecule has 2 fully saturated rings. The number of hydrogen-bond acceptors (Lipinski definition) is 6. The quantitative estimate of drug-likeness (QED) is 0.687. The summed E-state index contributed by atoms with van der Waals surface area (Å²) < 4.78 is 22.7. The van der Waals surface area contributed by atoms with Gasteiger partial charge in [-0.15, -0.1) is 0 Å². The summed E-state index contributed by atoms with van der Waals surface area (Å²) in [4.78, 5) is 5.43. The first-order valence-electron chi connectivity index (χ1n) is 5.74. The summed E-state index contributed by atoms with van der Waals surface area (Å²) >= 11 is 0. The maximum atomic E-state index is 5.87. The highest BCUT2D eigenvalue weighted by Crippen LogP contribution is 2.48. The van der Waals surface area contributed by atoms with Crippen LogP contribution < -0.4 is 0 Å². The lowest BCUT2D eigenvalue weighted by Crippen LogP contribution is -2.43. The molecule has 0 saturated carbocycles. The van der Waals surface area contributed by atoms with Crippen molar-refractivity contribution < 1.29 is 23.8 Å². The number of fused-ring (bicyclic) bond motifs is 2. The van der Waals surface area contributed by atoms with Crippen LogP contribution in [0.15, 0.2) is 5.16 Å². The van der Waals surface area contributed by atoms with Crippen molar-refractivity contribution in [2.45, 2.75) is 57.3 Å². The first kappa shape index (κ1) is 11.4. The van der Waals surface area contributed by atoms with E-state index in [2.05, 4.69) is 5.16 Å². The van der Waals surface area contributed by atoms with Gasteiger partial charge in [0.25, 0.3) is 5.79 Å². The minimum atomic E-state index is -0.886. The smallest absolute Gasteiger partial charge is 0.273 e. The van der Waals surface area contributed by atoms with Crippen LogP contribution in [0.25, 0.3) is 0 Å². The molecule has 0 amide bonds. The fourth-order valence-corrected chi connectivity index (χ4v) is 2.63. The zero-order valence-corrected chi connectivity index (χ0v) is 10.4. The van der Waals surface area contributed by atoms with Crippen LogP contribution in [0.3, 0.4) is 0 Å². The lowest BCUT2D eigenvalue weighted by molar-refractivity contribution is -0.313. The molecule has 0 aromatic heterocycles. The van der Waals surface area contributed by atoms with Crippen molar-refractivity contribution in [3.05, 3.63) is 0 Å². The molecular formula is C11H17NO5. The van der Waals surface area contributed by atoms with Crippen LogP contribution in [-0.2, 0) is 23.8 Å². The number of ether oxygens (including phenoxy) is 4. The highest BCUT2D eigenvalue weighted by atomic mass is 16.9. The van der Waals surface area contributed by atoms with Gasteiger partial charge in [0.2, 0.25) is 0 Å². The molecule has 17 heavy (non-hydrogen) atoms. The molecule has 6 heteroatoms. The molecule has 3 heterocycles. The second kappa shape index (κ2) is 3.41. The van der Waals surface area contributed by atoms with Gasteiger partial charge in [0.1, 0.15) is 6.10 Å². The molecule has 0 aliphatic carbocycles. The van der Waals surface area contributed by atoms with Crippen molar-refractivity contribution in [1.82, 2.24) is 0 Å². The van der Waals surface area contributed by atoms with E-state index in [0.717, 1.165) is 5.71 Å². The van der Waals surface area contributed by atoms with E-state index in [0.29, 0.717) is 6.42 Å². The molecule has 0 unspecified atom stereocenters. The van der Waals surface area contributed by atoms with Crippen LogP contribution in [0.4, 0.5) is 0 Å². The van der Waals surface area contributed by atoms with Crippen molar-refractivity contribution >= 4 is 5.71 Å². The van der Waals surface area contributed by atoms with Crippen LogP contribution in [0.1, 0.15) is 27.2 Å². The van der Waals surface area contributed by atoms with Gasteiger partial charge >= 0.3 is 0 Å². The van der Waals surface area contributed by atoms with Gasteiger partial charge in [0, 0.05) is 7.11 Å². The Balaban J connectivity index is 1.89. The summed E-state index contributed by atoms with van der Waals surface area (Å²) in [6.45, 7) is 5.64. The zero-order chi connectivity index (χ0) is 12.3. The van der Waals surface area contributed by atoms with E-state index in [9.17, 15) is 0 Å². The largest absolute Gasteiger partial charge is 0.357 e. The normalized spacial score (nSPS) is 47.1. The third-order valence-electron chi connectivity index (χ3n) is 3.24. The number of oxime groups is 1. The molecule has 6 nitrogen and oxygen atoms in total. The van der Waals surface area contributed by atoms with Gasteiger partial charge < -0.3 is 23.8 Å². The van der Waals surface area contributed by atoms with Crippen LogP contribution >= 0.6 is 0 Å². The molecule has 0 aromatic rings. The Labute approximate surface area is 99.8 Å². The van der Waals surface area contributed by atoms with E-state index in [-0.39, 0.29) is 12.2 Å². The van der Waals surface area contributed by atoms with E-state index in [1.807, 2.05) is 20.8 Å². The fourth-order valence-electron chi connectivity index (χ4n) is 2.63. The van der Waals surface area contributed by atoms with Crippen molar-refractivity contribution in [2.24, 2.45) is 5.16 Å². The molecule has 2 saturated heterocycles. The number of methoxy groups -OCH3 is 1. The first-order valence-corrected chi connectivity index (χ1v) is 5.74. The molecule has 3 aliphatic rings. The molecule has 3 rings (SSSR count). The number of rotatable bonds is 1. The van der Waals surface area contributed by atoms with E-state index < -0.39 is 17.9 Å². The average molecular weight is 243 g/mol. The summed E-state index contributed by atoms with van der Waals surface area (Å²) in [6, 6.07) is 0. The van der Waals surface area contributed by atoms with Crippen molar-refractivity contribution in [3.8, 4) is 0 Å². The van der Waals surface area contributed by atoms with Gasteiger partial charge in [-0.1, -0.05) is 5.16 Å². The topological polar surface area (TPSA) is 58.5 Å². The molecule has 0 bridgehead atoms. The van der Waals surface area contributed by atoms with E-state index in [1.165, 1.54) is 0 Å². The minimum absolute atomic E-state index is 0.281. The Morgan fingerprint density at radius 1 is 1.29 bits per heavy atom. The van der Waals surface area contributed by atoms with Gasteiger partial charge in [-0.2, -0.15) is 0 Å². The van der Waals surface area contributed by atoms with Gasteiger partial charge in [-0.05, 0) is 20.8 Å². The maximum absolute atomic E-state index is 5.87. The van der Waals surface area contributed by atoms with E-state index >= 15 is 0 Å². The molecular weight excluding hydrogens is 226 g/mol. The van der Waals surface area contributed by atoms with E-state index in [1.54, 1.807) is 7.11 Å². The molecule has 0 radical (unpaired) electrons. The van der Waals surface area contributed by atoms with Crippen LogP contribution in [0.2, 0.25) is 0 Å². The lowest BCUT2D eigenvalue weighted by Gasteiger charge is -2.28. The van der Waals surface area contributed by atoms with E-state index in [4.69, 9.17) is 23.8 Å². The average Bonchev–Trinajstić information content (AvgIpc) is 2.83. The van der Waals surface area contributed by atoms with Crippen LogP contribution in [-0.4, -0.2) is 42.9 Å². The van der Waals surface area contributed by atoms with Gasteiger partial charge in [-0.25, -0.2) is 0 Å². The summed E-state index contributed by atoms with van der Waals surface area (Å²) in [5.74, 6) is -1.54. The predicted octanol–water partition coefficient (Wildman–Crippen LogP) is 1.00. The molecule has 0 N–H and O–H groups in total. The number of hydrogen-bond donors (Lipinski definition) is 0. The second-order valence-electron chi connectivity index (χ2n) is 5.15. The minimum Gasteiger partial charge on any atom is -0.357 e. The summed E-state index contributed by atoms with van der Waals surface area (Å²) in [7, 11) is 1.58. The maximum Gasteiger partial charge on any atom is 0.273 e. The Morgan fingerprint density at radius 3 is 2.65 bits per heavy atom. The van der Waals surface area contributed by atoms with Crippen molar-refractivity contribution in [3.63, 3.8) is 0 Å². The summed E-state index contributed by atoms with van der Waals surface area (Å²) in [5, 5.41) is 3.95. The molecule has 1 spiro atoms. The highest BCUT2D eigenvalue weighted by molar-refractivity contribution is 5.83. The summed E-state index contributed by atoms with van der Waals surface area (Å²) in [5.41, 5.74) is 0.883. The number of nitrogens with zero attached hydrogens (tertiary/aromatic N) is 1. The standard InChI is InChI=1S/C11H17NO5/c1-6-5-11(17-12-6)8-7(9(13-4)16-11)14-10(2,3)15-8/h7-9H,5H2,1-4H3/t7-,8+,9-,11-/m1/s1. The van der Waals surface area contributed by atoms with Crippen molar-refractivity contribution in [2.75, 3.05) is 7.11 Å². The summed E-state index contributed by atoms with van der Waals surface area (Å²) in [6.07, 6.45) is -0.504. The van der Waals surface area contributed by atoms with Crippen LogP contribution in [0.5, 0.6) is 0 Å². The van der Waals surface area contributed by atoms with Gasteiger partial charge in [-0.3, -0.25) is 0 Å². The Hall–Kier alpha value is -0.690. The molecule has 96 valence electrons.